The summed E-state index contributed by atoms with van der Waals surface area (Å²) in [4.78, 5) is 13.3. The third-order valence-electron chi connectivity index (χ3n) is 2.69. The van der Waals surface area contributed by atoms with E-state index >= 15 is 0 Å². The minimum atomic E-state index is -0.513. The van der Waals surface area contributed by atoms with Gasteiger partial charge in [0.2, 0.25) is 0 Å². The van der Waals surface area contributed by atoms with Crippen molar-refractivity contribution in [1.82, 2.24) is 4.90 Å². The van der Waals surface area contributed by atoms with Gasteiger partial charge in [0.1, 0.15) is 11.7 Å². The monoisotopic (exact) mass is 375 g/mol. The quantitative estimate of drug-likeness (QED) is 0.757. The van der Waals surface area contributed by atoms with Crippen LogP contribution in [0.5, 0.6) is 5.75 Å². The van der Waals surface area contributed by atoms with Gasteiger partial charge in [0.05, 0.1) is 13.1 Å². The van der Waals surface area contributed by atoms with Crippen LogP contribution >= 0.6 is 15.9 Å². The van der Waals surface area contributed by atoms with Crippen LogP contribution in [0.4, 0.5) is 9.18 Å². The Morgan fingerprint density at radius 1 is 1.32 bits per heavy atom. The summed E-state index contributed by atoms with van der Waals surface area (Å²) >= 11 is 3.19. The summed E-state index contributed by atoms with van der Waals surface area (Å²) in [6.45, 7) is 10.3. The van der Waals surface area contributed by atoms with Crippen molar-refractivity contribution in [1.29, 1.82) is 0 Å². The number of hydrogen-bond acceptors (Lipinski definition) is 3. The molecule has 0 radical (unpaired) electrons. The van der Waals surface area contributed by atoms with Gasteiger partial charge in [0.25, 0.3) is 0 Å². The van der Waals surface area contributed by atoms with Crippen molar-refractivity contribution in [2.75, 3.05) is 13.1 Å². The first-order valence-corrected chi connectivity index (χ1v) is 8.13. The summed E-state index contributed by atoms with van der Waals surface area (Å²) in [5, 5.41) is 0. The van der Waals surface area contributed by atoms with Crippen molar-refractivity contribution in [2.45, 2.75) is 46.3 Å². The van der Waals surface area contributed by atoms with Crippen molar-refractivity contribution in [3.63, 3.8) is 0 Å². The minimum Gasteiger partial charge on any atom is -0.484 e. The zero-order chi connectivity index (χ0) is 16.9. The van der Waals surface area contributed by atoms with E-state index in [1.54, 1.807) is 12.1 Å². The van der Waals surface area contributed by atoms with E-state index in [0.29, 0.717) is 17.6 Å². The number of likely N-dealkylation sites (tertiary alicyclic amines) is 1. The highest BCUT2D eigenvalue weighted by molar-refractivity contribution is 9.10. The minimum absolute atomic E-state index is 0.196. The summed E-state index contributed by atoms with van der Waals surface area (Å²) in [6.07, 6.45) is -0.563. The van der Waals surface area contributed by atoms with Crippen LogP contribution in [0.15, 0.2) is 22.7 Å². The first-order valence-electron chi connectivity index (χ1n) is 7.34. The third kappa shape index (κ3) is 5.48. The van der Waals surface area contributed by atoms with Crippen molar-refractivity contribution >= 4 is 22.0 Å². The fourth-order valence-electron chi connectivity index (χ4n) is 1.74. The van der Waals surface area contributed by atoms with Crippen LogP contribution in [0.1, 0.15) is 34.6 Å². The molecule has 0 aliphatic carbocycles. The Balaban J connectivity index is 0.00000116. The predicted molar refractivity (Wildman–Crippen MR) is 87.7 cm³/mol. The normalized spacial score (nSPS) is 14.6. The molecule has 1 fully saturated rings. The largest absolute Gasteiger partial charge is 0.484 e. The lowest BCUT2D eigenvalue weighted by atomic mass is 10.1. The van der Waals surface area contributed by atoms with Gasteiger partial charge in [-0.2, -0.15) is 0 Å². The molecule has 2 rings (SSSR count). The molecule has 22 heavy (non-hydrogen) atoms. The molecule has 0 bridgehead atoms. The Bertz CT molecular complexity index is 511. The lowest BCUT2D eigenvalue weighted by Gasteiger charge is -2.39. The van der Waals surface area contributed by atoms with Crippen LogP contribution in [-0.4, -0.2) is 35.8 Å². The summed E-state index contributed by atoms with van der Waals surface area (Å²) in [6, 6.07) is 4.62. The molecule has 1 saturated heterocycles. The van der Waals surface area contributed by atoms with E-state index in [1.807, 2.05) is 34.6 Å². The van der Waals surface area contributed by atoms with Crippen LogP contribution in [0.2, 0.25) is 0 Å². The Kier molecular flexibility index (Phi) is 6.66. The fourth-order valence-corrected chi connectivity index (χ4v) is 2.07. The zero-order valence-electron chi connectivity index (χ0n) is 13.7. The van der Waals surface area contributed by atoms with Crippen LogP contribution in [0.25, 0.3) is 0 Å². The lowest BCUT2D eigenvalue weighted by Crippen LogP contribution is -2.57. The van der Waals surface area contributed by atoms with E-state index in [-0.39, 0.29) is 17.9 Å². The van der Waals surface area contributed by atoms with E-state index in [4.69, 9.17) is 9.47 Å². The van der Waals surface area contributed by atoms with Crippen molar-refractivity contribution in [3.8, 4) is 5.75 Å². The Morgan fingerprint density at radius 3 is 2.41 bits per heavy atom. The van der Waals surface area contributed by atoms with Crippen LogP contribution < -0.4 is 4.74 Å². The number of halogens is 2. The van der Waals surface area contributed by atoms with Gasteiger partial charge >= 0.3 is 6.09 Å². The molecule has 0 atom stereocenters. The van der Waals surface area contributed by atoms with Crippen molar-refractivity contribution in [3.05, 3.63) is 28.5 Å². The maximum Gasteiger partial charge on any atom is 0.410 e. The number of carbonyl (C=O) groups is 1. The van der Waals surface area contributed by atoms with Gasteiger partial charge in [0.15, 0.2) is 11.6 Å². The number of amides is 1. The summed E-state index contributed by atoms with van der Waals surface area (Å²) in [5.74, 6) is -0.225. The molecule has 1 aliphatic rings. The number of hydrogen-bond donors (Lipinski definition) is 0. The summed E-state index contributed by atoms with van der Waals surface area (Å²) < 4.78 is 25.0. The Labute approximate surface area is 139 Å². The molecular weight excluding hydrogens is 353 g/mol. The zero-order valence-corrected chi connectivity index (χ0v) is 15.2. The van der Waals surface area contributed by atoms with E-state index in [1.165, 1.54) is 11.0 Å². The van der Waals surface area contributed by atoms with Gasteiger partial charge in [-0.25, -0.2) is 9.18 Å². The molecule has 0 N–H and O–H groups in total. The summed E-state index contributed by atoms with van der Waals surface area (Å²) in [7, 11) is 0. The van der Waals surface area contributed by atoms with Crippen LogP contribution in [0.3, 0.4) is 0 Å². The molecule has 1 amide bonds. The average Bonchev–Trinajstić information content (AvgIpc) is 2.35. The first-order chi connectivity index (χ1) is 10.2. The van der Waals surface area contributed by atoms with Crippen LogP contribution in [0, 0.1) is 5.82 Å². The number of ether oxygens (including phenoxy) is 2. The molecule has 0 unspecified atom stereocenters. The number of benzene rings is 1. The Morgan fingerprint density at radius 2 is 1.91 bits per heavy atom. The third-order valence-corrected chi connectivity index (χ3v) is 3.18. The number of rotatable bonds is 2. The van der Waals surface area contributed by atoms with E-state index in [2.05, 4.69) is 15.9 Å². The molecule has 0 aromatic heterocycles. The van der Waals surface area contributed by atoms with Gasteiger partial charge < -0.3 is 14.4 Å². The molecule has 0 spiro atoms. The fraction of sp³-hybridized carbons (Fsp3) is 0.562. The molecule has 1 aromatic carbocycles. The topological polar surface area (TPSA) is 38.8 Å². The first kappa shape index (κ1) is 18.7. The highest BCUT2D eigenvalue weighted by Gasteiger charge is 2.35. The molecule has 1 aromatic rings. The molecule has 0 saturated carbocycles. The Hall–Kier alpha value is -1.30. The van der Waals surface area contributed by atoms with E-state index < -0.39 is 11.4 Å². The van der Waals surface area contributed by atoms with E-state index in [0.717, 1.165) is 0 Å². The second-order valence-corrected chi connectivity index (χ2v) is 6.62. The molecule has 1 aliphatic heterocycles. The number of carbonyl (C=O) groups excluding carboxylic acids is 1. The molecule has 6 heteroatoms. The van der Waals surface area contributed by atoms with E-state index in [9.17, 15) is 9.18 Å². The van der Waals surface area contributed by atoms with Gasteiger partial charge in [-0.1, -0.05) is 29.8 Å². The predicted octanol–water partition coefficient (Wildman–Crippen LogP) is 4.61. The van der Waals surface area contributed by atoms with Gasteiger partial charge in [-0.15, -0.1) is 0 Å². The molecule has 124 valence electrons. The van der Waals surface area contributed by atoms with Crippen molar-refractivity contribution < 1.29 is 18.7 Å². The van der Waals surface area contributed by atoms with Gasteiger partial charge in [0, 0.05) is 4.47 Å². The highest BCUT2D eigenvalue weighted by atomic mass is 79.9. The smallest absolute Gasteiger partial charge is 0.410 e. The highest BCUT2D eigenvalue weighted by Crippen LogP contribution is 2.25. The maximum atomic E-state index is 13.6. The number of nitrogens with zero attached hydrogens (tertiary/aromatic N) is 1. The molecular formula is C16H23BrFNO3. The SMILES string of the molecule is CC.CC(C)(C)OC(=O)N1CC(Oc2ccc(Br)cc2F)C1. The second-order valence-electron chi connectivity index (χ2n) is 5.70. The van der Waals surface area contributed by atoms with Gasteiger partial charge in [-0.3, -0.25) is 0 Å². The maximum absolute atomic E-state index is 13.6. The van der Waals surface area contributed by atoms with Crippen LogP contribution in [-0.2, 0) is 4.74 Å². The van der Waals surface area contributed by atoms with Crippen molar-refractivity contribution in [2.24, 2.45) is 0 Å². The summed E-state index contributed by atoms with van der Waals surface area (Å²) in [5.41, 5.74) is -0.513. The lowest BCUT2D eigenvalue weighted by molar-refractivity contribution is -0.0229. The second kappa shape index (κ2) is 7.81. The molecule has 1 heterocycles. The molecule has 4 nitrogen and oxygen atoms in total. The average molecular weight is 376 g/mol. The van der Waals surface area contributed by atoms with Gasteiger partial charge in [-0.05, 0) is 39.0 Å². The standard InChI is InChI=1S/C14H17BrFNO3.C2H6/c1-14(2,3)20-13(18)17-7-10(8-17)19-12-5-4-9(15)6-11(12)16;1-2/h4-6,10H,7-8H2,1-3H3;1-2H3.